The minimum atomic E-state index is -4.72. The molecule has 3 aromatic carbocycles. The molecule has 2 N–H and O–H groups in total. The molecule has 9 heteroatoms. The lowest BCUT2D eigenvalue weighted by Crippen LogP contribution is -2.21. The third-order valence-corrected chi connectivity index (χ3v) is 5.72. The van der Waals surface area contributed by atoms with Crippen molar-refractivity contribution in [3.05, 3.63) is 106 Å². The van der Waals surface area contributed by atoms with Gasteiger partial charge >= 0.3 is 12.1 Å². The van der Waals surface area contributed by atoms with Crippen LogP contribution in [0.5, 0.6) is 0 Å². The zero-order chi connectivity index (χ0) is 24.7. The van der Waals surface area contributed by atoms with Crippen molar-refractivity contribution in [2.24, 2.45) is 10.7 Å². The summed E-state index contributed by atoms with van der Waals surface area (Å²) >= 11 is 7.72. The number of halogens is 4. The maximum Gasteiger partial charge on any atom is 0.430 e. The molecule has 176 valence electrons. The van der Waals surface area contributed by atoms with E-state index in [1.807, 2.05) is 30.5 Å². The Morgan fingerprint density at radius 1 is 1.03 bits per heavy atom. The second-order valence-electron chi connectivity index (χ2n) is 7.05. The fraction of sp³-hybridized carbons (Fsp3) is 0.120. The number of aliphatic imine (C=N–C) groups is 1. The predicted octanol–water partition coefficient (Wildman–Crippen LogP) is 6.94. The molecule has 3 aromatic rings. The highest BCUT2D eigenvalue weighted by Crippen LogP contribution is 2.27. The number of hydrogen-bond donors (Lipinski definition) is 1. The maximum absolute atomic E-state index is 13.0. The second-order valence-corrected chi connectivity index (χ2v) is 8.33. The number of allylic oxidation sites excluding steroid dienone is 2. The summed E-state index contributed by atoms with van der Waals surface area (Å²) in [6.07, 6.45) is -2.02. The van der Waals surface area contributed by atoms with Gasteiger partial charge in [-0.05, 0) is 54.3 Å². The van der Waals surface area contributed by atoms with Crippen molar-refractivity contribution in [3.63, 3.8) is 0 Å². The van der Waals surface area contributed by atoms with Gasteiger partial charge in [-0.1, -0.05) is 48.0 Å². The number of nitrogens with two attached hydrogens (primary N) is 1. The Bertz CT molecular complexity index is 1210. The molecule has 0 aliphatic carbocycles. The van der Waals surface area contributed by atoms with Crippen molar-refractivity contribution in [2.75, 3.05) is 6.26 Å². The Hall–Kier alpha value is -3.23. The van der Waals surface area contributed by atoms with Crippen LogP contribution in [0.25, 0.3) is 0 Å². The highest BCUT2D eigenvalue weighted by atomic mass is 35.5. The largest absolute Gasteiger partial charge is 0.457 e. The number of alkyl halides is 3. The van der Waals surface area contributed by atoms with Crippen molar-refractivity contribution in [3.8, 4) is 0 Å². The molecule has 0 amide bonds. The van der Waals surface area contributed by atoms with Gasteiger partial charge < -0.3 is 10.5 Å². The summed E-state index contributed by atoms with van der Waals surface area (Å²) in [6, 6.07) is 19.9. The van der Waals surface area contributed by atoms with Crippen molar-refractivity contribution in [1.82, 2.24) is 0 Å². The number of carbonyl (C=O) groups is 1. The van der Waals surface area contributed by atoms with Crippen LogP contribution in [0.2, 0.25) is 5.02 Å². The van der Waals surface area contributed by atoms with Gasteiger partial charge in [0.2, 0.25) is 0 Å². The van der Waals surface area contributed by atoms with Gasteiger partial charge in [-0.15, -0.1) is 11.8 Å². The van der Waals surface area contributed by atoms with Crippen LogP contribution in [-0.4, -0.2) is 24.1 Å². The molecule has 0 saturated carbocycles. The summed E-state index contributed by atoms with van der Waals surface area (Å²) in [5.41, 5.74) is 5.53. The van der Waals surface area contributed by atoms with E-state index in [9.17, 15) is 18.0 Å². The molecule has 34 heavy (non-hydrogen) atoms. The Balaban J connectivity index is 1.82. The monoisotopic (exact) mass is 504 g/mol. The molecule has 0 bridgehead atoms. The number of ether oxygens (including phenoxy) is 1. The van der Waals surface area contributed by atoms with Gasteiger partial charge in [0.1, 0.15) is 12.3 Å². The summed E-state index contributed by atoms with van der Waals surface area (Å²) in [5.74, 6) is -0.560. The third-order valence-electron chi connectivity index (χ3n) is 4.66. The smallest absolute Gasteiger partial charge is 0.430 e. The topological polar surface area (TPSA) is 64.7 Å². The number of thioether (sulfide) groups is 1. The molecule has 0 aromatic heterocycles. The summed E-state index contributed by atoms with van der Waals surface area (Å²) < 4.78 is 44.5. The van der Waals surface area contributed by atoms with Gasteiger partial charge in [-0.25, -0.2) is 9.79 Å². The van der Waals surface area contributed by atoms with E-state index in [4.69, 9.17) is 22.1 Å². The van der Waals surface area contributed by atoms with Crippen molar-refractivity contribution in [2.45, 2.75) is 17.7 Å². The number of rotatable bonds is 7. The molecule has 0 aliphatic heterocycles. The molecule has 3 rings (SSSR count). The van der Waals surface area contributed by atoms with E-state index in [1.165, 1.54) is 24.3 Å². The average molecular weight is 505 g/mol. The van der Waals surface area contributed by atoms with Crippen molar-refractivity contribution < 1.29 is 22.7 Å². The maximum atomic E-state index is 13.0. The molecule has 0 unspecified atom stereocenters. The number of para-hydroxylation sites is 1. The fourth-order valence-electron chi connectivity index (χ4n) is 2.81. The molecule has 4 nitrogen and oxygen atoms in total. The normalized spacial score (nSPS) is 12.5. The minimum absolute atomic E-state index is 0.0586. The first kappa shape index (κ1) is 25.4. The van der Waals surface area contributed by atoms with Crippen LogP contribution in [0.3, 0.4) is 0 Å². The minimum Gasteiger partial charge on any atom is -0.457 e. The van der Waals surface area contributed by atoms with Gasteiger partial charge in [-0.3, -0.25) is 0 Å². The van der Waals surface area contributed by atoms with Gasteiger partial charge in [0.25, 0.3) is 0 Å². The molecule has 0 aliphatic rings. The van der Waals surface area contributed by atoms with E-state index in [0.717, 1.165) is 16.5 Å². The van der Waals surface area contributed by atoms with E-state index in [0.29, 0.717) is 5.56 Å². The second kappa shape index (κ2) is 11.3. The standard InChI is InChI=1S/C25H20ClF3N2O2S/c1-34-19-12-6-16(7-13-19)15-33-24(32)18-10-8-17(9-11-18)22(14-23(30)25(27,28)29)31-21-5-3-2-4-20(21)26/h2-14H,15,30H2,1H3/b23-14-,31-22?. The zero-order valence-electron chi connectivity index (χ0n) is 18.0. The molecule has 0 radical (unpaired) electrons. The molecular weight excluding hydrogens is 485 g/mol. The van der Waals surface area contributed by atoms with Crippen molar-refractivity contribution in [1.29, 1.82) is 0 Å². The van der Waals surface area contributed by atoms with Crippen LogP contribution in [0.1, 0.15) is 21.5 Å². The van der Waals surface area contributed by atoms with Crippen LogP contribution >= 0.6 is 23.4 Å². The van der Waals surface area contributed by atoms with Crippen LogP contribution in [-0.2, 0) is 11.3 Å². The summed E-state index contributed by atoms with van der Waals surface area (Å²) in [7, 11) is 0. The highest BCUT2D eigenvalue weighted by Gasteiger charge is 2.31. The summed E-state index contributed by atoms with van der Waals surface area (Å²) in [6.45, 7) is 0.0965. The number of carbonyl (C=O) groups excluding carboxylic acids is 1. The third kappa shape index (κ3) is 6.88. The molecule has 0 fully saturated rings. The lowest BCUT2D eigenvalue weighted by atomic mass is 10.1. The first-order valence-corrected chi connectivity index (χ1v) is 11.6. The van der Waals surface area contributed by atoms with Gasteiger partial charge in [-0.2, -0.15) is 13.2 Å². The zero-order valence-corrected chi connectivity index (χ0v) is 19.5. The number of hydrogen-bond acceptors (Lipinski definition) is 5. The fourth-order valence-corrected chi connectivity index (χ4v) is 3.40. The van der Waals surface area contributed by atoms with E-state index in [2.05, 4.69) is 4.99 Å². The van der Waals surface area contributed by atoms with Crippen LogP contribution in [0.15, 0.2) is 94.5 Å². The lowest BCUT2D eigenvalue weighted by molar-refractivity contribution is -0.0925. The van der Waals surface area contributed by atoms with Gasteiger partial charge in [0.15, 0.2) is 0 Å². The first-order chi connectivity index (χ1) is 16.2. The molecule has 0 atom stereocenters. The highest BCUT2D eigenvalue weighted by molar-refractivity contribution is 7.98. The lowest BCUT2D eigenvalue weighted by Gasteiger charge is -2.10. The molecule has 0 spiro atoms. The molecular formula is C25H20ClF3N2O2S. The number of esters is 1. The van der Waals surface area contributed by atoms with Crippen LogP contribution in [0, 0.1) is 0 Å². The van der Waals surface area contributed by atoms with E-state index >= 15 is 0 Å². The van der Waals surface area contributed by atoms with E-state index in [-0.39, 0.29) is 28.6 Å². The number of nitrogens with zero attached hydrogens (tertiary/aromatic N) is 1. The first-order valence-electron chi connectivity index (χ1n) is 9.95. The van der Waals surface area contributed by atoms with Gasteiger partial charge in [0.05, 0.1) is 22.0 Å². The van der Waals surface area contributed by atoms with Crippen LogP contribution < -0.4 is 5.73 Å². The van der Waals surface area contributed by atoms with Crippen molar-refractivity contribution >= 4 is 40.7 Å². The van der Waals surface area contributed by atoms with E-state index in [1.54, 1.807) is 36.0 Å². The summed E-state index contributed by atoms with van der Waals surface area (Å²) in [5, 5.41) is 0.268. The summed E-state index contributed by atoms with van der Waals surface area (Å²) in [4.78, 5) is 17.8. The Morgan fingerprint density at radius 2 is 1.65 bits per heavy atom. The Kier molecular flexibility index (Phi) is 8.41. The quantitative estimate of drug-likeness (QED) is 0.215. The SMILES string of the molecule is CSc1ccc(COC(=O)c2ccc(C(/C=C(\N)C(F)(F)F)=Nc3ccccc3Cl)cc2)cc1. The number of benzene rings is 3. The van der Waals surface area contributed by atoms with Crippen LogP contribution in [0.4, 0.5) is 18.9 Å². The molecule has 0 heterocycles. The average Bonchev–Trinajstić information content (AvgIpc) is 2.83. The Morgan fingerprint density at radius 3 is 2.24 bits per heavy atom. The van der Waals surface area contributed by atoms with Gasteiger partial charge in [0, 0.05) is 10.5 Å². The predicted molar refractivity (Wildman–Crippen MR) is 130 cm³/mol. The Labute approximate surface area is 204 Å². The molecule has 0 saturated heterocycles. The van der Waals surface area contributed by atoms with E-state index < -0.39 is 17.8 Å².